The summed E-state index contributed by atoms with van der Waals surface area (Å²) in [5, 5.41) is 9.22. The summed E-state index contributed by atoms with van der Waals surface area (Å²) in [7, 11) is 0. The minimum Gasteiger partial charge on any atom is -0.357 e. The van der Waals surface area contributed by atoms with E-state index in [1.54, 1.807) is 4.88 Å². The highest BCUT2D eigenvalue weighted by Crippen LogP contribution is 2.25. The number of fused-ring (bicyclic) bond motifs is 1. The van der Waals surface area contributed by atoms with Crippen molar-refractivity contribution < 1.29 is 0 Å². The van der Waals surface area contributed by atoms with E-state index < -0.39 is 0 Å². The van der Waals surface area contributed by atoms with Gasteiger partial charge in [-0.25, -0.2) is 0 Å². The highest BCUT2D eigenvalue weighted by molar-refractivity contribution is 14.0. The normalized spacial score (nSPS) is 22.2. The highest BCUT2D eigenvalue weighted by Gasteiger charge is 2.23. The lowest BCUT2D eigenvalue weighted by atomic mass is 10.1. The van der Waals surface area contributed by atoms with Gasteiger partial charge in [0.05, 0.1) is 6.54 Å². The van der Waals surface area contributed by atoms with Crippen LogP contribution in [-0.4, -0.2) is 67.1 Å². The van der Waals surface area contributed by atoms with E-state index in [-0.39, 0.29) is 24.0 Å². The summed E-state index contributed by atoms with van der Waals surface area (Å²) < 4.78 is 0. The van der Waals surface area contributed by atoms with Crippen molar-refractivity contribution in [2.45, 2.75) is 58.7 Å². The number of likely N-dealkylation sites (tertiary alicyclic amines) is 1. The maximum atomic E-state index is 4.88. The van der Waals surface area contributed by atoms with E-state index in [4.69, 9.17) is 4.99 Å². The number of aliphatic imine (C=N–C) groups is 1. The molecular weight excluding hydrogens is 469 g/mol. The van der Waals surface area contributed by atoms with Crippen molar-refractivity contribution in [1.29, 1.82) is 0 Å². The van der Waals surface area contributed by atoms with Gasteiger partial charge in [-0.15, -0.1) is 35.3 Å². The number of halogens is 1. The number of thiophene rings is 1. The Hall–Kier alpha value is -0.380. The molecule has 154 valence electrons. The van der Waals surface area contributed by atoms with Crippen LogP contribution in [0.25, 0.3) is 0 Å². The van der Waals surface area contributed by atoms with Crippen molar-refractivity contribution in [3.63, 3.8) is 0 Å². The van der Waals surface area contributed by atoms with Crippen LogP contribution in [0.5, 0.6) is 0 Å². The second kappa shape index (κ2) is 11.6. The standard InChI is InChI=1S/C20H35N5S.HI/c1-4-21-20(23-14-18-7-6-10-24(18)5-2)22-13-16(3)25-11-8-19-17(15-25)9-12-26-19;/h9,12,16,18H,4-8,10-11,13-15H2,1-3H3,(H2,21,22,23);1H. The van der Waals surface area contributed by atoms with Crippen molar-refractivity contribution in [3.05, 3.63) is 21.9 Å². The van der Waals surface area contributed by atoms with Crippen LogP contribution in [0, 0.1) is 0 Å². The van der Waals surface area contributed by atoms with E-state index >= 15 is 0 Å². The fraction of sp³-hybridized carbons (Fsp3) is 0.750. The molecule has 5 nitrogen and oxygen atoms in total. The molecule has 2 unspecified atom stereocenters. The number of hydrogen-bond donors (Lipinski definition) is 2. The molecule has 2 aliphatic heterocycles. The molecule has 0 aliphatic carbocycles. The summed E-state index contributed by atoms with van der Waals surface area (Å²) in [6.45, 7) is 14.1. The monoisotopic (exact) mass is 505 g/mol. The van der Waals surface area contributed by atoms with Gasteiger partial charge in [0.1, 0.15) is 0 Å². The van der Waals surface area contributed by atoms with Gasteiger partial charge in [0, 0.05) is 43.1 Å². The summed E-state index contributed by atoms with van der Waals surface area (Å²) in [6, 6.07) is 3.41. The molecule has 0 amide bonds. The molecule has 27 heavy (non-hydrogen) atoms. The van der Waals surface area contributed by atoms with Crippen LogP contribution in [-0.2, 0) is 13.0 Å². The molecule has 0 spiro atoms. The minimum absolute atomic E-state index is 0. The molecule has 1 aromatic rings. The molecule has 2 N–H and O–H groups in total. The Morgan fingerprint density at radius 1 is 1.33 bits per heavy atom. The number of nitrogens with one attached hydrogen (secondary N) is 2. The van der Waals surface area contributed by atoms with Gasteiger partial charge in [0.15, 0.2) is 5.96 Å². The average molecular weight is 506 g/mol. The predicted octanol–water partition coefficient (Wildman–Crippen LogP) is 3.15. The van der Waals surface area contributed by atoms with Crippen molar-refractivity contribution >= 4 is 41.3 Å². The molecule has 1 fully saturated rings. The number of likely N-dealkylation sites (N-methyl/N-ethyl adjacent to an activating group) is 1. The number of nitrogens with zero attached hydrogens (tertiary/aromatic N) is 3. The molecule has 1 aromatic heterocycles. The van der Waals surface area contributed by atoms with E-state index in [1.807, 2.05) is 11.3 Å². The third-order valence-corrected chi connectivity index (χ3v) is 6.75. The molecule has 1 saturated heterocycles. The lowest BCUT2D eigenvalue weighted by Crippen LogP contribution is -2.45. The molecule has 0 bridgehead atoms. The molecule has 3 heterocycles. The van der Waals surface area contributed by atoms with Crippen LogP contribution in [0.4, 0.5) is 0 Å². The SMILES string of the molecule is CCNC(=NCC(C)N1CCc2sccc2C1)NCC1CCCN1CC.I. The van der Waals surface area contributed by atoms with Crippen molar-refractivity contribution in [2.24, 2.45) is 4.99 Å². The Balaban J connectivity index is 0.00000261. The van der Waals surface area contributed by atoms with Gasteiger partial charge < -0.3 is 10.6 Å². The first-order chi connectivity index (χ1) is 12.7. The molecule has 2 atom stereocenters. The molecule has 3 rings (SSSR count). The van der Waals surface area contributed by atoms with E-state index in [2.05, 4.69) is 52.7 Å². The van der Waals surface area contributed by atoms with Gasteiger partial charge in [-0.2, -0.15) is 0 Å². The molecule has 0 aromatic carbocycles. The highest BCUT2D eigenvalue weighted by atomic mass is 127. The van der Waals surface area contributed by atoms with Crippen molar-refractivity contribution in [2.75, 3.05) is 39.3 Å². The van der Waals surface area contributed by atoms with Crippen LogP contribution in [0.2, 0.25) is 0 Å². The third-order valence-electron chi connectivity index (χ3n) is 5.73. The van der Waals surface area contributed by atoms with Gasteiger partial charge in [0.2, 0.25) is 0 Å². The van der Waals surface area contributed by atoms with E-state index in [0.29, 0.717) is 12.1 Å². The molecule has 2 aliphatic rings. The van der Waals surface area contributed by atoms with Gasteiger partial charge >= 0.3 is 0 Å². The first kappa shape index (κ1) is 22.9. The fourth-order valence-corrected chi connectivity index (χ4v) is 4.97. The zero-order valence-corrected chi connectivity index (χ0v) is 20.2. The van der Waals surface area contributed by atoms with E-state index in [9.17, 15) is 0 Å². The number of rotatable bonds is 7. The fourth-order valence-electron chi connectivity index (χ4n) is 4.08. The summed E-state index contributed by atoms with van der Waals surface area (Å²) in [5.41, 5.74) is 1.52. The first-order valence-corrected chi connectivity index (χ1v) is 11.1. The Labute approximate surface area is 186 Å². The first-order valence-electron chi connectivity index (χ1n) is 10.3. The van der Waals surface area contributed by atoms with Crippen LogP contribution >= 0.6 is 35.3 Å². The lowest BCUT2D eigenvalue weighted by molar-refractivity contribution is 0.197. The van der Waals surface area contributed by atoms with Crippen LogP contribution in [0.15, 0.2) is 16.4 Å². The van der Waals surface area contributed by atoms with Gasteiger partial charge in [-0.05, 0) is 63.2 Å². The zero-order chi connectivity index (χ0) is 18.4. The maximum Gasteiger partial charge on any atom is 0.191 e. The Morgan fingerprint density at radius 2 is 2.19 bits per heavy atom. The van der Waals surface area contributed by atoms with E-state index in [1.165, 1.54) is 31.4 Å². The number of guanidine groups is 1. The van der Waals surface area contributed by atoms with Crippen molar-refractivity contribution in [3.8, 4) is 0 Å². The summed E-state index contributed by atoms with van der Waals surface area (Å²) in [4.78, 5) is 11.6. The average Bonchev–Trinajstić information content (AvgIpc) is 3.31. The largest absolute Gasteiger partial charge is 0.357 e. The smallest absolute Gasteiger partial charge is 0.191 e. The predicted molar refractivity (Wildman–Crippen MR) is 128 cm³/mol. The molecular formula is C20H36IN5S. The number of hydrogen-bond acceptors (Lipinski definition) is 4. The topological polar surface area (TPSA) is 42.9 Å². The maximum absolute atomic E-state index is 4.88. The summed E-state index contributed by atoms with van der Waals surface area (Å²) >= 11 is 1.91. The lowest BCUT2D eigenvalue weighted by Gasteiger charge is -2.31. The minimum atomic E-state index is 0. The van der Waals surface area contributed by atoms with Gasteiger partial charge in [0.25, 0.3) is 0 Å². The Kier molecular flexibility index (Phi) is 9.82. The van der Waals surface area contributed by atoms with Crippen LogP contribution in [0.3, 0.4) is 0 Å². The third kappa shape index (κ3) is 6.30. The summed E-state index contributed by atoms with van der Waals surface area (Å²) in [6.07, 6.45) is 3.81. The van der Waals surface area contributed by atoms with Crippen molar-refractivity contribution in [1.82, 2.24) is 20.4 Å². The summed E-state index contributed by atoms with van der Waals surface area (Å²) in [5.74, 6) is 0.968. The quantitative estimate of drug-likeness (QED) is 0.340. The van der Waals surface area contributed by atoms with Crippen LogP contribution < -0.4 is 10.6 Å². The molecule has 0 saturated carbocycles. The zero-order valence-electron chi connectivity index (χ0n) is 17.0. The van der Waals surface area contributed by atoms with E-state index in [0.717, 1.165) is 45.2 Å². The van der Waals surface area contributed by atoms with Gasteiger partial charge in [-0.3, -0.25) is 14.8 Å². The Bertz CT molecular complexity index is 591. The second-order valence-corrected chi connectivity index (χ2v) is 8.46. The molecule has 7 heteroatoms. The van der Waals surface area contributed by atoms with Gasteiger partial charge in [-0.1, -0.05) is 6.92 Å². The molecule has 0 radical (unpaired) electrons. The second-order valence-electron chi connectivity index (χ2n) is 7.46. The van der Waals surface area contributed by atoms with Crippen LogP contribution in [0.1, 0.15) is 44.1 Å². The Morgan fingerprint density at radius 3 is 2.96 bits per heavy atom.